The van der Waals surface area contributed by atoms with Gasteiger partial charge < -0.3 is 4.98 Å². The largest absolute Gasteiger partial charge is 0.304 e. The Hall–Kier alpha value is -2.28. The summed E-state index contributed by atoms with van der Waals surface area (Å²) in [6, 6.07) is 8.79. The number of fused-ring (bicyclic) bond motifs is 1. The first-order valence-electron chi connectivity index (χ1n) is 6.87. The van der Waals surface area contributed by atoms with E-state index in [2.05, 4.69) is 19.9 Å². The van der Waals surface area contributed by atoms with Crippen molar-refractivity contribution in [1.29, 1.82) is 0 Å². The Morgan fingerprint density at radius 2 is 2.00 bits per heavy atom. The Morgan fingerprint density at radius 1 is 1.12 bits per heavy atom. The van der Waals surface area contributed by atoms with Crippen molar-refractivity contribution in [3.05, 3.63) is 63.3 Å². The fraction of sp³-hybridized carbons (Fsp3) is 0. The molecule has 0 saturated carbocycles. The van der Waals surface area contributed by atoms with Gasteiger partial charge in [-0.2, -0.15) is 0 Å². The van der Waals surface area contributed by atoms with E-state index in [0.717, 1.165) is 10.4 Å². The zero-order chi connectivity index (χ0) is 16.7. The van der Waals surface area contributed by atoms with E-state index in [9.17, 15) is 4.79 Å². The Morgan fingerprint density at radius 3 is 2.75 bits per heavy atom. The van der Waals surface area contributed by atoms with Gasteiger partial charge in [-0.05, 0) is 24.3 Å². The van der Waals surface area contributed by atoms with Gasteiger partial charge in [-0.25, -0.2) is 15.0 Å². The summed E-state index contributed by atoms with van der Waals surface area (Å²) < 4.78 is 0.536. The van der Waals surface area contributed by atoms with E-state index in [0.29, 0.717) is 31.8 Å². The van der Waals surface area contributed by atoms with Gasteiger partial charge in [-0.3, -0.25) is 4.79 Å². The van der Waals surface area contributed by atoms with Crippen LogP contribution in [0, 0.1) is 0 Å². The van der Waals surface area contributed by atoms with Crippen LogP contribution in [0.4, 0.5) is 0 Å². The minimum Gasteiger partial charge on any atom is -0.304 e. The molecule has 0 spiro atoms. The van der Waals surface area contributed by atoms with Gasteiger partial charge in [0.25, 0.3) is 5.56 Å². The fourth-order valence-corrected chi connectivity index (χ4v) is 3.91. The molecule has 0 atom stereocenters. The maximum atomic E-state index is 12.4. The molecule has 1 aromatic carbocycles. The van der Waals surface area contributed by atoms with E-state index in [1.54, 1.807) is 24.4 Å². The number of nitrogens with zero attached hydrogens (tertiary/aromatic N) is 3. The summed E-state index contributed by atoms with van der Waals surface area (Å²) in [7, 11) is 0. The van der Waals surface area contributed by atoms with Crippen molar-refractivity contribution in [3.63, 3.8) is 0 Å². The molecule has 4 rings (SSSR count). The van der Waals surface area contributed by atoms with Gasteiger partial charge >= 0.3 is 0 Å². The first-order valence-corrected chi connectivity index (χ1v) is 8.45. The normalized spacial score (nSPS) is 11.1. The van der Waals surface area contributed by atoms with Crippen LogP contribution in [0.25, 0.3) is 32.2 Å². The number of H-pyrrole nitrogens is 1. The summed E-state index contributed by atoms with van der Waals surface area (Å²) in [5.41, 5.74) is 1.75. The molecule has 0 amide bonds. The highest BCUT2D eigenvalue weighted by Crippen LogP contribution is 2.36. The third-order valence-corrected chi connectivity index (χ3v) is 5.11. The maximum absolute atomic E-state index is 12.4. The van der Waals surface area contributed by atoms with Crippen LogP contribution in [0.3, 0.4) is 0 Å². The predicted molar refractivity (Wildman–Crippen MR) is 96.7 cm³/mol. The lowest BCUT2D eigenvalue weighted by Gasteiger charge is -2.00. The lowest BCUT2D eigenvalue weighted by Crippen LogP contribution is -2.08. The number of hydrogen-bond donors (Lipinski definition) is 1. The smallest absolute Gasteiger partial charge is 0.269 e. The fourth-order valence-electron chi connectivity index (χ4n) is 2.31. The molecule has 0 aliphatic carbocycles. The first-order chi connectivity index (χ1) is 11.6. The molecule has 0 aliphatic heterocycles. The van der Waals surface area contributed by atoms with Crippen molar-refractivity contribution >= 4 is 44.8 Å². The van der Waals surface area contributed by atoms with E-state index >= 15 is 0 Å². The van der Waals surface area contributed by atoms with Crippen LogP contribution >= 0.6 is 34.5 Å². The van der Waals surface area contributed by atoms with Crippen LogP contribution in [0.2, 0.25) is 10.0 Å². The second kappa shape index (κ2) is 5.98. The van der Waals surface area contributed by atoms with Gasteiger partial charge in [0, 0.05) is 21.7 Å². The van der Waals surface area contributed by atoms with Crippen LogP contribution in [-0.4, -0.2) is 19.9 Å². The van der Waals surface area contributed by atoms with Crippen molar-refractivity contribution in [1.82, 2.24) is 19.9 Å². The highest BCUT2D eigenvalue weighted by atomic mass is 35.5. The molecule has 0 saturated heterocycles. The molecule has 0 fully saturated rings. The number of aromatic nitrogens is 4. The van der Waals surface area contributed by atoms with Crippen molar-refractivity contribution in [2.45, 2.75) is 0 Å². The summed E-state index contributed by atoms with van der Waals surface area (Å²) in [6.45, 7) is 0. The van der Waals surface area contributed by atoms with Crippen LogP contribution in [0.5, 0.6) is 0 Å². The number of rotatable bonds is 2. The quantitative estimate of drug-likeness (QED) is 0.563. The van der Waals surface area contributed by atoms with Crippen molar-refractivity contribution in [3.8, 4) is 22.0 Å². The van der Waals surface area contributed by atoms with E-state index in [-0.39, 0.29) is 5.56 Å². The van der Waals surface area contributed by atoms with Gasteiger partial charge in [0.2, 0.25) is 0 Å². The summed E-state index contributed by atoms with van der Waals surface area (Å²) in [6.07, 6.45) is 3.01. The highest BCUT2D eigenvalue weighted by Gasteiger charge is 2.13. The Labute approximate surface area is 150 Å². The summed E-state index contributed by atoms with van der Waals surface area (Å²) in [5.74, 6) is 0.404. The Bertz CT molecular complexity index is 1110. The van der Waals surface area contributed by atoms with Crippen LogP contribution in [0.15, 0.2) is 47.7 Å². The summed E-state index contributed by atoms with van der Waals surface area (Å²) in [5, 5.41) is 1.09. The van der Waals surface area contributed by atoms with Crippen LogP contribution < -0.4 is 5.56 Å². The number of thiophene rings is 1. The number of nitrogens with one attached hydrogen (secondary N) is 1. The van der Waals surface area contributed by atoms with Gasteiger partial charge in [-0.15, -0.1) is 11.3 Å². The molecule has 0 bridgehead atoms. The molecular weight excluding hydrogens is 367 g/mol. The van der Waals surface area contributed by atoms with Gasteiger partial charge in [0.15, 0.2) is 5.82 Å². The molecule has 24 heavy (non-hydrogen) atoms. The Kier molecular flexibility index (Phi) is 3.80. The second-order valence-corrected chi connectivity index (χ2v) is 6.85. The lowest BCUT2D eigenvalue weighted by molar-refractivity contribution is 1.11. The summed E-state index contributed by atoms with van der Waals surface area (Å²) in [4.78, 5) is 28.4. The molecule has 8 heteroatoms. The highest BCUT2D eigenvalue weighted by molar-refractivity contribution is 7.22. The number of hydrogen-bond acceptors (Lipinski definition) is 5. The Balaban J connectivity index is 1.90. The molecule has 0 radical (unpaired) electrons. The average molecular weight is 375 g/mol. The van der Waals surface area contributed by atoms with Crippen LogP contribution in [-0.2, 0) is 0 Å². The zero-order valence-electron chi connectivity index (χ0n) is 12.0. The number of benzene rings is 1. The van der Waals surface area contributed by atoms with Crippen molar-refractivity contribution < 1.29 is 0 Å². The molecule has 1 N–H and O–H groups in total. The van der Waals surface area contributed by atoms with E-state index < -0.39 is 0 Å². The average Bonchev–Trinajstić information content (AvgIpc) is 3.00. The van der Waals surface area contributed by atoms with Gasteiger partial charge in [-0.1, -0.05) is 29.3 Å². The molecule has 5 nitrogen and oxygen atoms in total. The van der Waals surface area contributed by atoms with Crippen molar-refractivity contribution in [2.24, 2.45) is 0 Å². The topological polar surface area (TPSA) is 71.5 Å². The number of aromatic amines is 1. The minimum atomic E-state index is -0.213. The molecule has 0 unspecified atom stereocenters. The molecule has 0 aliphatic rings. The standard InChI is InChI=1S/C16H8Cl2N4OS/c17-8-1-2-9(10(18)5-8)13-6-12-14(24-13)16(23)22-15(21-12)11-3-4-19-7-20-11/h1-7H,(H,21,22,23). The lowest BCUT2D eigenvalue weighted by atomic mass is 10.2. The van der Waals surface area contributed by atoms with E-state index in [4.69, 9.17) is 23.2 Å². The minimum absolute atomic E-state index is 0.213. The van der Waals surface area contributed by atoms with Crippen molar-refractivity contribution in [2.75, 3.05) is 0 Å². The molecule has 3 heterocycles. The number of halogens is 2. The van der Waals surface area contributed by atoms with Crippen LogP contribution in [0.1, 0.15) is 0 Å². The third kappa shape index (κ3) is 2.69. The maximum Gasteiger partial charge on any atom is 0.269 e. The summed E-state index contributed by atoms with van der Waals surface area (Å²) >= 11 is 13.5. The molecular formula is C16H8Cl2N4OS. The monoisotopic (exact) mass is 374 g/mol. The predicted octanol–water partition coefficient (Wildman–Crippen LogP) is 4.42. The molecule has 4 aromatic rings. The molecule has 118 valence electrons. The first kappa shape index (κ1) is 15.3. The second-order valence-electron chi connectivity index (χ2n) is 4.96. The third-order valence-electron chi connectivity index (χ3n) is 3.40. The van der Waals surface area contributed by atoms with E-state index in [1.165, 1.54) is 17.7 Å². The van der Waals surface area contributed by atoms with Gasteiger partial charge in [0.1, 0.15) is 16.7 Å². The van der Waals surface area contributed by atoms with Gasteiger partial charge in [0.05, 0.1) is 10.5 Å². The molecule has 3 aromatic heterocycles. The SMILES string of the molecule is O=c1[nH]c(-c2ccncn2)nc2cc(-c3ccc(Cl)cc3Cl)sc12. The zero-order valence-corrected chi connectivity index (χ0v) is 14.3. The van der Waals surface area contributed by atoms with E-state index in [1.807, 2.05) is 12.1 Å².